The van der Waals surface area contributed by atoms with Crippen molar-refractivity contribution in [1.82, 2.24) is 0 Å². The predicted octanol–water partition coefficient (Wildman–Crippen LogP) is 8.39. The third kappa shape index (κ3) is 6.55. The summed E-state index contributed by atoms with van der Waals surface area (Å²) in [6.07, 6.45) is 3.94. The maximum atomic E-state index is 2.70. The molecule has 0 saturated heterocycles. The summed E-state index contributed by atoms with van der Waals surface area (Å²) in [7, 11) is 2.70. The van der Waals surface area contributed by atoms with Crippen LogP contribution in [0.3, 0.4) is 0 Å². The highest BCUT2D eigenvalue weighted by atomic mass is 31.0. The molecule has 1 atom stereocenters. The van der Waals surface area contributed by atoms with Gasteiger partial charge in [0.1, 0.15) is 0 Å². The highest BCUT2D eigenvalue weighted by molar-refractivity contribution is 7.16. The normalized spacial score (nSPS) is 11.0. The Morgan fingerprint density at radius 1 is 0.769 bits per heavy atom. The van der Waals surface area contributed by atoms with Crippen molar-refractivity contribution in [1.29, 1.82) is 0 Å². The first-order chi connectivity index (χ1) is 12.3. The molecule has 0 amide bonds. The smallest absolute Gasteiger partial charge is 0.0114 e. The first-order valence-electron chi connectivity index (χ1n) is 10.3. The topological polar surface area (TPSA) is 0 Å². The predicted molar refractivity (Wildman–Crippen MR) is 124 cm³/mol. The van der Waals surface area contributed by atoms with Crippen LogP contribution in [0.1, 0.15) is 95.8 Å². The van der Waals surface area contributed by atoms with Crippen molar-refractivity contribution in [3.05, 3.63) is 59.2 Å². The molecule has 0 fully saturated rings. The van der Waals surface area contributed by atoms with Crippen molar-refractivity contribution in [2.24, 2.45) is 0 Å². The van der Waals surface area contributed by atoms with E-state index >= 15 is 0 Å². The molecule has 0 aliphatic carbocycles. The number of benzene rings is 2. The molecule has 26 heavy (non-hydrogen) atoms. The van der Waals surface area contributed by atoms with Gasteiger partial charge in [0.25, 0.3) is 0 Å². The van der Waals surface area contributed by atoms with Crippen molar-refractivity contribution in [3.8, 4) is 11.1 Å². The molecule has 2 aromatic rings. The zero-order valence-corrected chi connectivity index (χ0v) is 19.1. The molecule has 0 heterocycles. The van der Waals surface area contributed by atoms with E-state index in [1.807, 2.05) is 0 Å². The van der Waals surface area contributed by atoms with Crippen molar-refractivity contribution >= 4 is 9.24 Å². The second kappa shape index (κ2) is 11.6. The minimum absolute atomic E-state index is 0.538. The number of rotatable bonds is 6. The fourth-order valence-electron chi connectivity index (χ4n) is 3.10. The molecule has 0 radical (unpaired) electrons. The van der Waals surface area contributed by atoms with Gasteiger partial charge in [0.15, 0.2) is 0 Å². The molecule has 0 aliphatic heterocycles. The Labute approximate surface area is 165 Å². The van der Waals surface area contributed by atoms with E-state index in [1.165, 1.54) is 46.8 Å². The van der Waals surface area contributed by atoms with E-state index < -0.39 is 0 Å². The number of hydrogen-bond acceptors (Lipinski definition) is 0. The van der Waals surface area contributed by atoms with Gasteiger partial charge in [0.05, 0.1) is 0 Å². The second-order valence-electron chi connectivity index (χ2n) is 8.05. The van der Waals surface area contributed by atoms with Crippen molar-refractivity contribution in [3.63, 3.8) is 0 Å². The maximum absolute atomic E-state index is 2.70. The monoisotopic (exact) mass is 370 g/mol. The Kier molecular flexibility index (Phi) is 10.2. The molecular weight excluding hydrogens is 331 g/mol. The summed E-state index contributed by atoms with van der Waals surface area (Å²) < 4.78 is 0. The van der Waals surface area contributed by atoms with Crippen LogP contribution in [0.25, 0.3) is 11.1 Å². The quantitative estimate of drug-likeness (QED) is 0.448. The van der Waals surface area contributed by atoms with Gasteiger partial charge in [-0.15, -0.1) is 9.24 Å². The third-order valence-electron chi connectivity index (χ3n) is 4.75. The average Bonchev–Trinajstić information content (AvgIpc) is 2.62. The van der Waals surface area contributed by atoms with Gasteiger partial charge < -0.3 is 0 Å². The number of hydrogen-bond donors (Lipinski definition) is 0. The molecule has 1 unspecified atom stereocenters. The van der Waals surface area contributed by atoms with E-state index in [9.17, 15) is 0 Å². The molecule has 144 valence electrons. The maximum Gasteiger partial charge on any atom is -0.0114 e. The van der Waals surface area contributed by atoms with E-state index in [2.05, 4.69) is 100 Å². The van der Waals surface area contributed by atoms with Crippen LogP contribution in [0, 0.1) is 0 Å². The first-order valence-corrected chi connectivity index (χ1v) is 11.1. The fraction of sp³-hybridized carbons (Fsp3) is 0.520. The van der Waals surface area contributed by atoms with Gasteiger partial charge in [0, 0.05) is 0 Å². The van der Waals surface area contributed by atoms with E-state index in [-0.39, 0.29) is 0 Å². The van der Waals surface area contributed by atoms with Gasteiger partial charge in [-0.3, -0.25) is 0 Å². The van der Waals surface area contributed by atoms with Gasteiger partial charge in [0.2, 0.25) is 0 Å². The lowest BCUT2D eigenvalue weighted by molar-refractivity contribution is 0.807. The Morgan fingerprint density at radius 2 is 1.27 bits per heavy atom. The van der Waals surface area contributed by atoms with Crippen molar-refractivity contribution < 1.29 is 0 Å². The molecule has 0 N–H and O–H groups in total. The van der Waals surface area contributed by atoms with Crippen LogP contribution in [0.4, 0.5) is 0 Å². The van der Waals surface area contributed by atoms with Crippen LogP contribution in [0.15, 0.2) is 42.5 Å². The van der Waals surface area contributed by atoms with Crippen molar-refractivity contribution in [2.75, 3.05) is 6.16 Å². The first kappa shape index (κ1) is 22.9. The van der Waals surface area contributed by atoms with Crippen LogP contribution in [-0.2, 0) is 0 Å². The largest absolute Gasteiger partial charge is 0.138 e. The van der Waals surface area contributed by atoms with E-state index in [1.54, 1.807) is 0 Å². The standard InChI is InChI=1S/C21H28.C4H11P/c1-14(2)18-12-19(15(3)4)21(20(13-18)16(5)6)17-10-8-7-9-11-17;1-2-3-4-5/h7-16H,1-6H3;2-5H2,1H3. The molecular formula is C25H39P. The summed E-state index contributed by atoms with van der Waals surface area (Å²) >= 11 is 0. The van der Waals surface area contributed by atoms with Gasteiger partial charge in [-0.05, 0) is 51.7 Å². The minimum atomic E-state index is 0.538. The Morgan fingerprint density at radius 3 is 1.58 bits per heavy atom. The highest BCUT2D eigenvalue weighted by Gasteiger charge is 2.18. The lowest BCUT2D eigenvalue weighted by Gasteiger charge is -2.23. The van der Waals surface area contributed by atoms with Gasteiger partial charge in [-0.2, -0.15) is 0 Å². The second-order valence-corrected chi connectivity index (χ2v) is 8.62. The van der Waals surface area contributed by atoms with E-state index in [0.29, 0.717) is 17.8 Å². The average molecular weight is 371 g/mol. The van der Waals surface area contributed by atoms with E-state index in [4.69, 9.17) is 0 Å². The lowest BCUT2D eigenvalue weighted by atomic mass is 9.82. The van der Waals surface area contributed by atoms with Crippen LogP contribution < -0.4 is 0 Å². The Hall–Kier alpha value is -1.13. The van der Waals surface area contributed by atoms with Crippen LogP contribution >= 0.6 is 9.24 Å². The van der Waals surface area contributed by atoms with Crippen molar-refractivity contribution in [2.45, 2.75) is 79.1 Å². The molecule has 0 spiro atoms. The zero-order valence-electron chi connectivity index (χ0n) is 18.0. The summed E-state index contributed by atoms with van der Waals surface area (Å²) in [5, 5.41) is 0. The summed E-state index contributed by atoms with van der Waals surface area (Å²) in [5.41, 5.74) is 7.22. The summed E-state index contributed by atoms with van der Waals surface area (Å²) in [5.74, 6) is 1.65. The third-order valence-corrected chi connectivity index (χ3v) is 5.16. The van der Waals surface area contributed by atoms with E-state index in [0.717, 1.165) is 0 Å². The Balaban J connectivity index is 0.000000597. The molecule has 0 saturated carbocycles. The summed E-state index contributed by atoms with van der Waals surface area (Å²) in [6, 6.07) is 15.7. The molecule has 0 aromatic heterocycles. The molecule has 2 rings (SSSR count). The van der Waals surface area contributed by atoms with Crippen LogP contribution in [-0.4, -0.2) is 6.16 Å². The summed E-state index contributed by atoms with van der Waals surface area (Å²) in [4.78, 5) is 0. The van der Waals surface area contributed by atoms with Crippen LogP contribution in [0.5, 0.6) is 0 Å². The van der Waals surface area contributed by atoms with Gasteiger partial charge in [-0.1, -0.05) is 104 Å². The molecule has 0 bridgehead atoms. The highest BCUT2D eigenvalue weighted by Crippen LogP contribution is 2.38. The lowest BCUT2D eigenvalue weighted by Crippen LogP contribution is -2.03. The Bertz CT molecular complexity index is 607. The summed E-state index contributed by atoms with van der Waals surface area (Å²) in [6.45, 7) is 16.0. The zero-order chi connectivity index (χ0) is 19.7. The molecule has 2 aromatic carbocycles. The molecule has 0 nitrogen and oxygen atoms in total. The SMILES string of the molecule is CC(C)c1cc(C(C)C)c(-c2ccccc2)c(C(C)C)c1.CCCCP. The molecule has 1 heteroatoms. The van der Waals surface area contributed by atoms with Gasteiger partial charge >= 0.3 is 0 Å². The number of unbranched alkanes of at least 4 members (excludes halogenated alkanes) is 1. The minimum Gasteiger partial charge on any atom is -0.138 e. The molecule has 0 aliphatic rings. The van der Waals surface area contributed by atoms with Gasteiger partial charge in [-0.25, -0.2) is 0 Å². The van der Waals surface area contributed by atoms with Crippen LogP contribution in [0.2, 0.25) is 0 Å². The fourth-order valence-corrected chi connectivity index (χ4v) is 3.51.